The second kappa shape index (κ2) is 5.98. The van der Waals surface area contributed by atoms with Gasteiger partial charge in [-0.15, -0.1) is 0 Å². The van der Waals surface area contributed by atoms with Crippen LogP contribution in [-0.2, 0) is 11.3 Å². The fourth-order valence-electron chi connectivity index (χ4n) is 2.31. The highest BCUT2D eigenvalue weighted by molar-refractivity contribution is 5.20. The van der Waals surface area contributed by atoms with Crippen LogP contribution < -0.4 is 5.73 Å². The molecule has 2 N–H and O–H groups in total. The quantitative estimate of drug-likeness (QED) is 0.862. The molecule has 1 aliphatic rings. The molecule has 0 saturated heterocycles. The van der Waals surface area contributed by atoms with Gasteiger partial charge < -0.3 is 10.5 Å². The van der Waals surface area contributed by atoms with Crippen molar-refractivity contribution in [2.24, 2.45) is 5.73 Å². The number of nitrogens with two attached hydrogens (primary N) is 1. The second-order valence-electron chi connectivity index (χ2n) is 5.01. The predicted molar refractivity (Wildman–Crippen MR) is 75.1 cm³/mol. The normalized spacial score (nSPS) is 24.1. The standard InChI is InChI=1S/C16H21NO/c1-14(17)12-16(10-6-3-7-11-16)18-13-15-8-4-2-5-9-15/h2-10,14H,11-13,17H2,1H3. The van der Waals surface area contributed by atoms with Gasteiger partial charge in [0, 0.05) is 6.04 Å². The Balaban J connectivity index is 2.02. The SMILES string of the molecule is CC(N)CC1(OCc2ccccc2)C=CC=CC1. The molecule has 2 rings (SSSR count). The van der Waals surface area contributed by atoms with Crippen LogP contribution in [-0.4, -0.2) is 11.6 Å². The Hall–Kier alpha value is -1.38. The third kappa shape index (κ3) is 3.56. The minimum atomic E-state index is -0.237. The van der Waals surface area contributed by atoms with Crippen LogP contribution in [0.25, 0.3) is 0 Å². The molecule has 0 fully saturated rings. The van der Waals surface area contributed by atoms with Gasteiger partial charge in [-0.2, -0.15) is 0 Å². The fraction of sp³-hybridized carbons (Fsp3) is 0.375. The Morgan fingerprint density at radius 3 is 2.67 bits per heavy atom. The van der Waals surface area contributed by atoms with Crippen molar-refractivity contribution in [1.29, 1.82) is 0 Å². The highest BCUT2D eigenvalue weighted by Gasteiger charge is 2.29. The van der Waals surface area contributed by atoms with Crippen LogP contribution >= 0.6 is 0 Å². The molecule has 1 aromatic carbocycles. The lowest BCUT2D eigenvalue weighted by Crippen LogP contribution is -2.37. The van der Waals surface area contributed by atoms with Crippen molar-refractivity contribution in [1.82, 2.24) is 0 Å². The van der Waals surface area contributed by atoms with Gasteiger partial charge in [-0.1, -0.05) is 54.6 Å². The second-order valence-corrected chi connectivity index (χ2v) is 5.01. The lowest BCUT2D eigenvalue weighted by atomic mass is 9.88. The zero-order valence-electron chi connectivity index (χ0n) is 10.9. The molecule has 2 unspecified atom stereocenters. The number of benzene rings is 1. The lowest BCUT2D eigenvalue weighted by molar-refractivity contribution is -0.0280. The molecule has 0 heterocycles. The smallest absolute Gasteiger partial charge is 0.0919 e. The molecule has 1 aromatic rings. The van der Waals surface area contributed by atoms with Crippen molar-refractivity contribution >= 4 is 0 Å². The van der Waals surface area contributed by atoms with Gasteiger partial charge >= 0.3 is 0 Å². The first-order chi connectivity index (χ1) is 8.70. The van der Waals surface area contributed by atoms with Crippen molar-refractivity contribution in [3.63, 3.8) is 0 Å². The van der Waals surface area contributed by atoms with Gasteiger partial charge in [-0.3, -0.25) is 0 Å². The summed E-state index contributed by atoms with van der Waals surface area (Å²) in [7, 11) is 0. The van der Waals surface area contributed by atoms with Gasteiger partial charge in [-0.25, -0.2) is 0 Å². The molecule has 18 heavy (non-hydrogen) atoms. The molecule has 2 atom stereocenters. The van der Waals surface area contributed by atoms with E-state index in [0.717, 1.165) is 12.8 Å². The molecule has 0 aliphatic heterocycles. The van der Waals surface area contributed by atoms with Crippen molar-refractivity contribution in [2.45, 2.75) is 38.0 Å². The Morgan fingerprint density at radius 2 is 2.06 bits per heavy atom. The van der Waals surface area contributed by atoms with E-state index in [1.807, 2.05) is 25.1 Å². The van der Waals surface area contributed by atoms with Crippen LogP contribution in [0.2, 0.25) is 0 Å². The van der Waals surface area contributed by atoms with Crippen LogP contribution in [0.15, 0.2) is 54.6 Å². The molecule has 2 nitrogen and oxygen atoms in total. The average molecular weight is 243 g/mol. The van der Waals surface area contributed by atoms with E-state index in [2.05, 4.69) is 36.4 Å². The van der Waals surface area contributed by atoms with Crippen molar-refractivity contribution in [3.8, 4) is 0 Å². The molecule has 0 radical (unpaired) electrons. The van der Waals surface area contributed by atoms with Gasteiger partial charge in [0.25, 0.3) is 0 Å². The Morgan fingerprint density at radius 1 is 1.28 bits per heavy atom. The Kier molecular flexibility index (Phi) is 4.34. The minimum Gasteiger partial charge on any atom is -0.366 e. The van der Waals surface area contributed by atoms with E-state index in [4.69, 9.17) is 10.5 Å². The van der Waals surface area contributed by atoms with E-state index >= 15 is 0 Å². The molecule has 0 spiro atoms. The summed E-state index contributed by atoms with van der Waals surface area (Å²) in [5, 5.41) is 0. The summed E-state index contributed by atoms with van der Waals surface area (Å²) in [6.45, 7) is 2.66. The number of hydrogen-bond acceptors (Lipinski definition) is 2. The van der Waals surface area contributed by atoms with E-state index in [1.54, 1.807) is 0 Å². The predicted octanol–water partition coefficient (Wildman–Crippen LogP) is 3.20. The van der Waals surface area contributed by atoms with Gasteiger partial charge in [0.1, 0.15) is 0 Å². The molecule has 2 heteroatoms. The molecule has 1 aliphatic carbocycles. The third-order valence-electron chi connectivity index (χ3n) is 3.15. The maximum atomic E-state index is 6.15. The summed E-state index contributed by atoms with van der Waals surface area (Å²) in [6.07, 6.45) is 10.1. The van der Waals surface area contributed by atoms with Gasteiger partial charge in [-0.05, 0) is 25.3 Å². The van der Waals surface area contributed by atoms with Crippen LogP contribution in [0.1, 0.15) is 25.3 Å². The maximum absolute atomic E-state index is 6.15. The number of allylic oxidation sites excluding steroid dienone is 2. The van der Waals surface area contributed by atoms with Gasteiger partial charge in [0.15, 0.2) is 0 Å². The first-order valence-corrected chi connectivity index (χ1v) is 6.48. The van der Waals surface area contributed by atoms with Crippen LogP contribution in [0, 0.1) is 0 Å². The number of rotatable bonds is 5. The molecular weight excluding hydrogens is 222 g/mol. The highest BCUT2D eigenvalue weighted by Crippen LogP contribution is 2.28. The first kappa shape index (κ1) is 13.1. The van der Waals surface area contributed by atoms with Crippen molar-refractivity contribution in [3.05, 3.63) is 60.2 Å². The first-order valence-electron chi connectivity index (χ1n) is 6.48. The van der Waals surface area contributed by atoms with E-state index in [0.29, 0.717) is 6.61 Å². The summed E-state index contributed by atoms with van der Waals surface area (Å²) in [4.78, 5) is 0. The van der Waals surface area contributed by atoms with Gasteiger partial charge in [0.05, 0.1) is 12.2 Å². The van der Waals surface area contributed by atoms with Crippen LogP contribution in [0.5, 0.6) is 0 Å². The summed E-state index contributed by atoms with van der Waals surface area (Å²) < 4.78 is 6.15. The van der Waals surface area contributed by atoms with E-state index in [-0.39, 0.29) is 11.6 Å². The van der Waals surface area contributed by atoms with E-state index in [9.17, 15) is 0 Å². The molecule has 0 saturated carbocycles. The molecule has 0 bridgehead atoms. The Bertz CT molecular complexity index is 422. The summed E-state index contributed by atoms with van der Waals surface area (Å²) in [5.41, 5.74) is 6.90. The molecule has 96 valence electrons. The maximum Gasteiger partial charge on any atom is 0.0919 e. The van der Waals surface area contributed by atoms with Gasteiger partial charge in [0.2, 0.25) is 0 Å². The summed E-state index contributed by atoms with van der Waals surface area (Å²) in [5.74, 6) is 0. The molecule has 0 amide bonds. The van der Waals surface area contributed by atoms with Crippen molar-refractivity contribution in [2.75, 3.05) is 0 Å². The zero-order chi connectivity index (χ0) is 12.8. The summed E-state index contributed by atoms with van der Waals surface area (Å²) in [6, 6.07) is 10.4. The van der Waals surface area contributed by atoms with E-state index < -0.39 is 0 Å². The zero-order valence-corrected chi connectivity index (χ0v) is 10.9. The lowest BCUT2D eigenvalue weighted by Gasteiger charge is -2.33. The largest absolute Gasteiger partial charge is 0.366 e. The van der Waals surface area contributed by atoms with Crippen LogP contribution in [0.4, 0.5) is 0 Å². The number of ether oxygens (including phenoxy) is 1. The van der Waals surface area contributed by atoms with E-state index in [1.165, 1.54) is 5.56 Å². The Labute approximate surface area is 109 Å². The van der Waals surface area contributed by atoms with Crippen molar-refractivity contribution < 1.29 is 4.74 Å². The minimum absolute atomic E-state index is 0.136. The highest BCUT2D eigenvalue weighted by atomic mass is 16.5. The molecule has 0 aromatic heterocycles. The number of hydrogen-bond donors (Lipinski definition) is 1. The third-order valence-corrected chi connectivity index (χ3v) is 3.15. The fourth-order valence-corrected chi connectivity index (χ4v) is 2.31. The summed E-state index contributed by atoms with van der Waals surface area (Å²) >= 11 is 0. The average Bonchev–Trinajstić information content (AvgIpc) is 2.38. The molecular formula is C16H21NO. The topological polar surface area (TPSA) is 35.2 Å². The monoisotopic (exact) mass is 243 g/mol. The van der Waals surface area contributed by atoms with Crippen LogP contribution in [0.3, 0.4) is 0 Å².